The number of aliphatic imine (C=N–C) groups is 1. The average Bonchev–Trinajstić information content (AvgIpc) is 3.10. The molecule has 2 heterocycles. The Labute approximate surface area is 156 Å². The normalized spacial score (nSPS) is 22.3. The fourth-order valence-electron chi connectivity index (χ4n) is 2.83. The van der Waals surface area contributed by atoms with E-state index >= 15 is 0 Å². The number of hydrogen-bond acceptors (Lipinski definition) is 4. The molecule has 1 fully saturated rings. The maximum atomic E-state index is 4.33. The molecule has 1 aliphatic heterocycles. The van der Waals surface area contributed by atoms with E-state index in [4.69, 9.17) is 0 Å². The zero-order valence-electron chi connectivity index (χ0n) is 14.8. The highest BCUT2D eigenvalue weighted by Gasteiger charge is 2.31. The maximum Gasteiger partial charge on any atom is 0.191 e. The number of nitrogens with zero attached hydrogens (tertiary/aromatic N) is 5. The Bertz CT molecular complexity index is 500. The Balaban J connectivity index is 0.00000264. The number of likely N-dealkylation sites (tertiary alicyclic amines) is 1. The highest BCUT2D eigenvalue weighted by Crippen LogP contribution is 2.18. The second kappa shape index (κ2) is 9.41. The van der Waals surface area contributed by atoms with E-state index in [1.165, 1.54) is 0 Å². The van der Waals surface area contributed by atoms with Crippen molar-refractivity contribution in [2.24, 2.45) is 10.9 Å². The molecular weight excluding hydrogens is 405 g/mol. The molecule has 1 aromatic heterocycles. The van der Waals surface area contributed by atoms with Gasteiger partial charge >= 0.3 is 0 Å². The summed E-state index contributed by atoms with van der Waals surface area (Å²) in [6, 6.07) is 1.02. The lowest BCUT2D eigenvalue weighted by molar-refractivity contribution is 0.265. The van der Waals surface area contributed by atoms with Gasteiger partial charge in [-0.3, -0.25) is 9.89 Å². The van der Waals surface area contributed by atoms with E-state index in [0.717, 1.165) is 31.4 Å². The van der Waals surface area contributed by atoms with Crippen LogP contribution in [-0.4, -0.2) is 57.8 Å². The van der Waals surface area contributed by atoms with E-state index in [2.05, 4.69) is 58.4 Å². The van der Waals surface area contributed by atoms with Crippen molar-refractivity contribution >= 4 is 29.9 Å². The van der Waals surface area contributed by atoms with E-state index in [1.54, 1.807) is 13.4 Å². The van der Waals surface area contributed by atoms with Crippen molar-refractivity contribution in [3.63, 3.8) is 0 Å². The van der Waals surface area contributed by atoms with Crippen LogP contribution >= 0.6 is 24.0 Å². The van der Waals surface area contributed by atoms with Crippen LogP contribution in [0.1, 0.15) is 33.5 Å². The molecule has 8 heteroatoms. The summed E-state index contributed by atoms with van der Waals surface area (Å²) in [6.07, 6.45) is 1.76. The van der Waals surface area contributed by atoms with E-state index in [0.29, 0.717) is 24.5 Å². The van der Waals surface area contributed by atoms with Crippen molar-refractivity contribution in [1.29, 1.82) is 0 Å². The molecule has 0 radical (unpaired) electrons. The van der Waals surface area contributed by atoms with Crippen LogP contribution in [0, 0.1) is 5.92 Å². The standard InChI is InChI=1S/C15H29N7.HI/c1-6-21-10-18-20-14(21)7-17-15(16-5)19-13-9-22(11(2)3)8-12(13)4;/h10-13H,6-9H2,1-5H3,(H2,16,17,19);1H. The summed E-state index contributed by atoms with van der Waals surface area (Å²) in [6.45, 7) is 12.6. The molecule has 0 amide bonds. The Morgan fingerprint density at radius 3 is 2.74 bits per heavy atom. The number of guanidine groups is 1. The van der Waals surface area contributed by atoms with Crippen LogP contribution in [0.2, 0.25) is 0 Å². The van der Waals surface area contributed by atoms with Gasteiger partial charge in [-0.25, -0.2) is 0 Å². The van der Waals surface area contributed by atoms with Crippen molar-refractivity contribution in [2.75, 3.05) is 20.1 Å². The minimum absolute atomic E-state index is 0. The quantitative estimate of drug-likeness (QED) is 0.415. The Morgan fingerprint density at radius 2 is 2.17 bits per heavy atom. The zero-order chi connectivity index (χ0) is 16.1. The molecular formula is C15H30IN7. The van der Waals surface area contributed by atoms with E-state index < -0.39 is 0 Å². The maximum absolute atomic E-state index is 4.33. The van der Waals surface area contributed by atoms with Gasteiger partial charge in [-0.1, -0.05) is 6.92 Å². The summed E-state index contributed by atoms with van der Waals surface area (Å²) in [5, 5.41) is 15.0. The highest BCUT2D eigenvalue weighted by atomic mass is 127. The predicted octanol–water partition coefficient (Wildman–Crippen LogP) is 1.31. The molecule has 1 saturated heterocycles. The topological polar surface area (TPSA) is 70.4 Å². The average molecular weight is 435 g/mol. The monoisotopic (exact) mass is 435 g/mol. The van der Waals surface area contributed by atoms with Gasteiger partial charge in [0, 0.05) is 38.8 Å². The second-order valence-electron chi connectivity index (χ2n) is 6.23. The minimum Gasteiger partial charge on any atom is -0.352 e. The fourth-order valence-corrected chi connectivity index (χ4v) is 2.83. The molecule has 0 aromatic carbocycles. The summed E-state index contributed by atoms with van der Waals surface area (Å²) in [5.41, 5.74) is 0. The number of rotatable bonds is 5. The van der Waals surface area contributed by atoms with Gasteiger partial charge in [-0.2, -0.15) is 0 Å². The van der Waals surface area contributed by atoms with Crippen molar-refractivity contribution in [1.82, 2.24) is 30.3 Å². The number of nitrogens with one attached hydrogen (secondary N) is 2. The molecule has 7 nitrogen and oxygen atoms in total. The molecule has 2 unspecified atom stereocenters. The van der Waals surface area contributed by atoms with Gasteiger partial charge in [0.1, 0.15) is 6.33 Å². The van der Waals surface area contributed by atoms with E-state index in [1.807, 2.05) is 4.57 Å². The lowest BCUT2D eigenvalue weighted by Crippen LogP contribution is -2.46. The first kappa shape index (κ1) is 20.1. The smallest absolute Gasteiger partial charge is 0.191 e. The first-order chi connectivity index (χ1) is 10.5. The van der Waals surface area contributed by atoms with Crippen LogP contribution in [0.4, 0.5) is 0 Å². The highest BCUT2D eigenvalue weighted by molar-refractivity contribution is 14.0. The first-order valence-corrected chi connectivity index (χ1v) is 8.13. The SMILES string of the molecule is CCn1cnnc1CNC(=NC)NC1CN(C(C)C)CC1C.I. The van der Waals surface area contributed by atoms with Crippen LogP contribution in [0.3, 0.4) is 0 Å². The Morgan fingerprint density at radius 1 is 1.43 bits per heavy atom. The molecule has 2 atom stereocenters. The van der Waals surface area contributed by atoms with Gasteiger partial charge in [0.2, 0.25) is 0 Å². The molecule has 23 heavy (non-hydrogen) atoms. The molecule has 1 aliphatic rings. The summed E-state index contributed by atoms with van der Waals surface area (Å²) in [7, 11) is 1.81. The van der Waals surface area contributed by atoms with Crippen molar-refractivity contribution < 1.29 is 0 Å². The van der Waals surface area contributed by atoms with Crippen molar-refractivity contribution in [2.45, 2.75) is 52.9 Å². The summed E-state index contributed by atoms with van der Waals surface area (Å²) < 4.78 is 2.03. The lowest BCUT2D eigenvalue weighted by Gasteiger charge is -2.21. The molecule has 0 aliphatic carbocycles. The van der Waals surface area contributed by atoms with Crippen LogP contribution in [-0.2, 0) is 13.1 Å². The van der Waals surface area contributed by atoms with Crippen LogP contribution in [0.5, 0.6) is 0 Å². The van der Waals surface area contributed by atoms with Crippen molar-refractivity contribution in [3.05, 3.63) is 12.2 Å². The van der Waals surface area contributed by atoms with Gasteiger partial charge in [0.05, 0.1) is 6.54 Å². The largest absolute Gasteiger partial charge is 0.352 e. The van der Waals surface area contributed by atoms with Gasteiger partial charge < -0.3 is 15.2 Å². The lowest BCUT2D eigenvalue weighted by atomic mass is 10.1. The molecule has 1 aromatic rings. The van der Waals surface area contributed by atoms with E-state index in [9.17, 15) is 0 Å². The Kier molecular flexibility index (Phi) is 8.24. The molecule has 0 bridgehead atoms. The molecule has 2 rings (SSSR count). The third-order valence-electron chi connectivity index (χ3n) is 4.37. The summed E-state index contributed by atoms with van der Waals surface area (Å²) in [5.74, 6) is 2.36. The summed E-state index contributed by atoms with van der Waals surface area (Å²) in [4.78, 5) is 6.83. The Hall–Kier alpha value is -0.900. The van der Waals surface area contributed by atoms with E-state index in [-0.39, 0.29) is 24.0 Å². The van der Waals surface area contributed by atoms with Crippen LogP contribution < -0.4 is 10.6 Å². The number of aromatic nitrogens is 3. The van der Waals surface area contributed by atoms with Crippen LogP contribution in [0.15, 0.2) is 11.3 Å². The van der Waals surface area contributed by atoms with Gasteiger partial charge in [-0.15, -0.1) is 34.2 Å². The zero-order valence-corrected chi connectivity index (χ0v) is 17.1. The van der Waals surface area contributed by atoms with Gasteiger partial charge in [-0.05, 0) is 26.7 Å². The number of hydrogen-bond donors (Lipinski definition) is 2. The molecule has 0 spiro atoms. The molecule has 2 N–H and O–H groups in total. The third kappa shape index (κ3) is 5.30. The van der Waals surface area contributed by atoms with Crippen LogP contribution in [0.25, 0.3) is 0 Å². The number of aryl methyl sites for hydroxylation is 1. The third-order valence-corrected chi connectivity index (χ3v) is 4.37. The number of halogens is 1. The van der Waals surface area contributed by atoms with Crippen molar-refractivity contribution in [3.8, 4) is 0 Å². The second-order valence-corrected chi connectivity index (χ2v) is 6.23. The fraction of sp³-hybridized carbons (Fsp3) is 0.800. The summed E-state index contributed by atoms with van der Waals surface area (Å²) >= 11 is 0. The first-order valence-electron chi connectivity index (χ1n) is 8.13. The molecule has 0 saturated carbocycles. The van der Waals surface area contributed by atoms with Gasteiger partial charge in [0.15, 0.2) is 11.8 Å². The van der Waals surface area contributed by atoms with Gasteiger partial charge in [0.25, 0.3) is 0 Å². The predicted molar refractivity (Wildman–Crippen MR) is 104 cm³/mol. The molecule has 132 valence electrons. The minimum atomic E-state index is 0.